The number of carbonyl (C=O) groups is 1. The first kappa shape index (κ1) is 15.5. The Morgan fingerprint density at radius 3 is 3.08 bits per heavy atom. The summed E-state index contributed by atoms with van der Waals surface area (Å²) in [6, 6.07) is 3.88. The van der Waals surface area contributed by atoms with Crippen LogP contribution in [0.4, 0.5) is 0 Å². The van der Waals surface area contributed by atoms with Gasteiger partial charge in [-0.1, -0.05) is 0 Å². The predicted octanol–water partition coefficient (Wildman–Crippen LogP) is 2.16. The van der Waals surface area contributed by atoms with Gasteiger partial charge in [-0.25, -0.2) is 9.50 Å². The van der Waals surface area contributed by atoms with Crippen LogP contribution in [0.3, 0.4) is 0 Å². The smallest absolute Gasteiger partial charge is 0.256 e. The quantitative estimate of drug-likeness (QED) is 0.597. The molecular formula is C17H16N6OS. The summed E-state index contributed by atoms with van der Waals surface area (Å²) in [6.45, 7) is 0.525. The van der Waals surface area contributed by atoms with E-state index in [2.05, 4.69) is 20.4 Å². The van der Waals surface area contributed by atoms with Crippen molar-refractivity contribution in [1.82, 2.24) is 29.5 Å². The molecule has 0 saturated carbocycles. The van der Waals surface area contributed by atoms with Gasteiger partial charge in [0.05, 0.1) is 11.9 Å². The molecule has 0 aliphatic heterocycles. The second kappa shape index (κ2) is 6.48. The molecule has 0 bridgehead atoms. The number of aryl methyl sites for hydroxylation is 1. The largest absolute Gasteiger partial charge is 0.351 e. The van der Waals surface area contributed by atoms with E-state index in [9.17, 15) is 4.79 Å². The molecule has 4 aromatic heterocycles. The number of aromatic nitrogens is 5. The van der Waals surface area contributed by atoms with Gasteiger partial charge in [-0.3, -0.25) is 9.78 Å². The molecule has 8 heteroatoms. The maximum atomic E-state index is 12.4. The lowest BCUT2D eigenvalue weighted by Crippen LogP contribution is -2.26. The molecule has 25 heavy (non-hydrogen) atoms. The lowest BCUT2D eigenvalue weighted by atomic mass is 10.3. The maximum absolute atomic E-state index is 12.4. The molecule has 0 unspecified atom stereocenters. The van der Waals surface area contributed by atoms with Crippen molar-refractivity contribution in [2.75, 3.05) is 6.54 Å². The van der Waals surface area contributed by atoms with Crippen LogP contribution in [0.2, 0.25) is 0 Å². The van der Waals surface area contributed by atoms with Crippen LogP contribution in [0.5, 0.6) is 0 Å². The molecule has 0 aliphatic rings. The van der Waals surface area contributed by atoms with E-state index >= 15 is 0 Å². The molecule has 4 heterocycles. The first-order valence-corrected chi connectivity index (χ1v) is 8.72. The monoisotopic (exact) mass is 352 g/mol. The molecule has 0 atom stereocenters. The van der Waals surface area contributed by atoms with E-state index in [1.807, 2.05) is 41.5 Å². The summed E-state index contributed by atoms with van der Waals surface area (Å²) >= 11 is 1.58. The van der Waals surface area contributed by atoms with Gasteiger partial charge < -0.3 is 9.88 Å². The van der Waals surface area contributed by atoms with Crippen LogP contribution in [0.1, 0.15) is 16.1 Å². The molecule has 4 aromatic rings. The standard InChI is InChI=1S/C17H16N6OS/c1-22-7-8-23-17(22)14(10-20-23)15(24)19-6-4-13-11-25-16(21-13)12-3-2-5-18-9-12/h2-3,5,7-11H,4,6H2,1H3,(H,19,24). The summed E-state index contributed by atoms with van der Waals surface area (Å²) in [5, 5.41) is 10.1. The van der Waals surface area contributed by atoms with Crippen LogP contribution in [0.25, 0.3) is 16.2 Å². The highest BCUT2D eigenvalue weighted by molar-refractivity contribution is 7.13. The molecule has 0 aliphatic carbocycles. The molecule has 4 rings (SSSR count). The Labute approximate surface area is 148 Å². The van der Waals surface area contributed by atoms with Gasteiger partial charge in [0, 0.05) is 55.7 Å². The van der Waals surface area contributed by atoms with Gasteiger partial charge in [0.1, 0.15) is 16.2 Å². The molecule has 0 radical (unpaired) electrons. The Kier molecular flexibility index (Phi) is 4.02. The van der Waals surface area contributed by atoms with Crippen LogP contribution in [0, 0.1) is 0 Å². The second-order valence-electron chi connectivity index (χ2n) is 5.63. The number of amides is 1. The predicted molar refractivity (Wildman–Crippen MR) is 95.5 cm³/mol. The van der Waals surface area contributed by atoms with Gasteiger partial charge in [-0.15, -0.1) is 11.3 Å². The van der Waals surface area contributed by atoms with Gasteiger partial charge in [0.25, 0.3) is 5.91 Å². The Bertz CT molecular complexity index is 1020. The number of thiazole rings is 1. The molecule has 1 N–H and O–H groups in total. The fraction of sp³-hybridized carbons (Fsp3) is 0.176. The molecular weight excluding hydrogens is 336 g/mol. The number of nitrogens with zero attached hydrogens (tertiary/aromatic N) is 5. The second-order valence-corrected chi connectivity index (χ2v) is 6.49. The van der Waals surface area contributed by atoms with E-state index in [1.54, 1.807) is 34.4 Å². The molecule has 0 aromatic carbocycles. The Morgan fingerprint density at radius 1 is 1.32 bits per heavy atom. The van der Waals surface area contributed by atoms with E-state index in [4.69, 9.17) is 0 Å². The van der Waals surface area contributed by atoms with Crippen molar-refractivity contribution in [2.24, 2.45) is 7.05 Å². The Morgan fingerprint density at radius 2 is 2.24 bits per heavy atom. The van der Waals surface area contributed by atoms with Crippen LogP contribution < -0.4 is 5.32 Å². The highest BCUT2D eigenvalue weighted by atomic mass is 32.1. The van der Waals surface area contributed by atoms with Gasteiger partial charge in [0.15, 0.2) is 0 Å². The zero-order valence-corrected chi connectivity index (χ0v) is 14.4. The fourth-order valence-electron chi connectivity index (χ4n) is 2.65. The number of carbonyl (C=O) groups excluding carboxylic acids is 1. The Hall–Kier alpha value is -3.00. The minimum Gasteiger partial charge on any atom is -0.351 e. The first-order chi connectivity index (χ1) is 12.2. The number of hydrogen-bond donors (Lipinski definition) is 1. The number of imidazole rings is 1. The third-order valence-corrected chi connectivity index (χ3v) is 4.85. The zero-order valence-electron chi connectivity index (χ0n) is 13.6. The van der Waals surface area contributed by atoms with Crippen LogP contribution in [0.15, 0.2) is 48.5 Å². The average Bonchev–Trinajstić information content (AvgIpc) is 3.34. The first-order valence-electron chi connectivity index (χ1n) is 7.84. The third kappa shape index (κ3) is 3.03. The number of nitrogens with one attached hydrogen (secondary N) is 1. The van der Waals surface area contributed by atoms with E-state index in [0.717, 1.165) is 21.9 Å². The molecule has 1 amide bonds. The topological polar surface area (TPSA) is 77.1 Å². The minimum atomic E-state index is -0.125. The fourth-order valence-corrected chi connectivity index (χ4v) is 3.50. The van der Waals surface area contributed by atoms with Gasteiger partial charge >= 0.3 is 0 Å². The molecule has 0 spiro atoms. The van der Waals surface area contributed by atoms with Crippen molar-refractivity contribution in [1.29, 1.82) is 0 Å². The van der Waals surface area contributed by atoms with Crippen molar-refractivity contribution in [2.45, 2.75) is 6.42 Å². The number of rotatable bonds is 5. The molecule has 126 valence electrons. The molecule has 0 saturated heterocycles. The number of hydrogen-bond acceptors (Lipinski definition) is 5. The highest BCUT2D eigenvalue weighted by Gasteiger charge is 2.15. The zero-order chi connectivity index (χ0) is 17.2. The van der Waals surface area contributed by atoms with E-state index in [1.165, 1.54) is 0 Å². The van der Waals surface area contributed by atoms with Crippen molar-refractivity contribution >= 4 is 22.9 Å². The summed E-state index contributed by atoms with van der Waals surface area (Å²) in [5.41, 5.74) is 3.32. The lowest BCUT2D eigenvalue weighted by Gasteiger charge is -2.03. The van der Waals surface area contributed by atoms with Gasteiger partial charge in [-0.05, 0) is 12.1 Å². The number of fused-ring (bicyclic) bond motifs is 1. The average molecular weight is 352 g/mol. The van der Waals surface area contributed by atoms with E-state index in [-0.39, 0.29) is 5.91 Å². The summed E-state index contributed by atoms with van der Waals surface area (Å²) in [5.74, 6) is -0.125. The summed E-state index contributed by atoms with van der Waals surface area (Å²) in [6.07, 6.45) is 9.51. The lowest BCUT2D eigenvalue weighted by molar-refractivity contribution is 0.0955. The normalized spacial score (nSPS) is 11.1. The van der Waals surface area contributed by atoms with Crippen LogP contribution in [-0.2, 0) is 13.5 Å². The SMILES string of the molecule is Cn1ccn2ncc(C(=O)NCCc3csc(-c4cccnc4)n3)c12. The highest BCUT2D eigenvalue weighted by Crippen LogP contribution is 2.22. The molecule has 7 nitrogen and oxygen atoms in total. The molecule has 0 fully saturated rings. The number of pyridine rings is 1. The van der Waals surface area contributed by atoms with Crippen molar-refractivity contribution in [3.63, 3.8) is 0 Å². The van der Waals surface area contributed by atoms with Gasteiger partial charge in [0.2, 0.25) is 0 Å². The van der Waals surface area contributed by atoms with Crippen molar-refractivity contribution < 1.29 is 4.79 Å². The summed E-state index contributed by atoms with van der Waals surface area (Å²) in [4.78, 5) is 21.1. The van der Waals surface area contributed by atoms with E-state index in [0.29, 0.717) is 18.5 Å². The third-order valence-electron chi connectivity index (χ3n) is 3.91. The van der Waals surface area contributed by atoms with Crippen molar-refractivity contribution in [3.8, 4) is 10.6 Å². The summed E-state index contributed by atoms with van der Waals surface area (Å²) < 4.78 is 3.57. The van der Waals surface area contributed by atoms with Crippen LogP contribution >= 0.6 is 11.3 Å². The van der Waals surface area contributed by atoms with Crippen LogP contribution in [-0.4, -0.2) is 36.6 Å². The van der Waals surface area contributed by atoms with E-state index < -0.39 is 0 Å². The van der Waals surface area contributed by atoms with Gasteiger partial charge in [-0.2, -0.15) is 5.10 Å². The van der Waals surface area contributed by atoms with Crippen molar-refractivity contribution in [3.05, 3.63) is 59.8 Å². The summed E-state index contributed by atoms with van der Waals surface area (Å²) in [7, 11) is 1.89. The Balaban J connectivity index is 1.39. The maximum Gasteiger partial charge on any atom is 0.256 e. The minimum absolute atomic E-state index is 0.125.